The SMILES string of the molecule is O=C1[C@@H]2C[C@@H]3[C@H](C[C@H]2C(=O)N1c1ccccc1)[C@@]1(Cl)C(Cl)=C(Cl)[C@@]3(Cl)C1(Cl)Cl. The molecule has 4 aliphatic rings. The van der Waals surface area contributed by atoms with Crippen LogP contribution in [0.5, 0.6) is 0 Å². The lowest BCUT2D eigenvalue weighted by Gasteiger charge is -2.42. The van der Waals surface area contributed by atoms with Crippen molar-refractivity contribution in [1.82, 2.24) is 0 Å². The number of amides is 2. The molecule has 1 heterocycles. The van der Waals surface area contributed by atoms with E-state index in [0.717, 1.165) is 0 Å². The first-order chi connectivity index (χ1) is 13.1. The van der Waals surface area contributed by atoms with Crippen LogP contribution >= 0.6 is 69.6 Å². The van der Waals surface area contributed by atoms with Crippen molar-refractivity contribution < 1.29 is 9.59 Å². The van der Waals surface area contributed by atoms with Crippen LogP contribution in [0.1, 0.15) is 12.8 Å². The summed E-state index contributed by atoms with van der Waals surface area (Å²) in [6.07, 6.45) is 0.644. The number of hydrogen-bond donors (Lipinski definition) is 0. The Morgan fingerprint density at radius 1 is 0.786 bits per heavy atom. The minimum atomic E-state index is -1.64. The zero-order valence-corrected chi connectivity index (χ0v) is 18.7. The van der Waals surface area contributed by atoms with Crippen LogP contribution in [-0.2, 0) is 9.59 Å². The number of halogens is 6. The number of hydrogen-bond acceptors (Lipinski definition) is 2. The minimum absolute atomic E-state index is 0.132. The molecule has 5 rings (SSSR count). The standard InChI is InChI=1S/C19H13Cl6NO2/c20-13-14(21)18(23)12-7-10-9(6-11(12)17(13,22)19(18,24)25)15(27)26(16(10)28)8-4-2-1-3-5-8/h1-5,9-12H,6-7H2/t9-,10-,11-,12+,17-,18-/m1/s1. The lowest BCUT2D eigenvalue weighted by atomic mass is 9.65. The average molecular weight is 500 g/mol. The molecule has 3 aliphatic carbocycles. The van der Waals surface area contributed by atoms with Crippen molar-refractivity contribution in [2.24, 2.45) is 23.7 Å². The third-order valence-corrected chi connectivity index (χ3v) is 11.2. The maximum absolute atomic E-state index is 13.1. The van der Waals surface area contributed by atoms with Gasteiger partial charge >= 0.3 is 0 Å². The molecule has 1 aromatic rings. The largest absolute Gasteiger partial charge is 0.274 e. The summed E-state index contributed by atoms with van der Waals surface area (Å²) in [7, 11) is 0. The smallest absolute Gasteiger partial charge is 0.237 e. The molecule has 6 atom stereocenters. The quantitative estimate of drug-likeness (QED) is 0.369. The number of imide groups is 1. The van der Waals surface area contributed by atoms with E-state index in [1.54, 1.807) is 24.3 Å². The normalized spacial score (nSPS) is 43.6. The number of anilines is 1. The van der Waals surface area contributed by atoms with Crippen LogP contribution in [0.25, 0.3) is 0 Å². The Labute approximate surface area is 191 Å². The fourth-order valence-electron chi connectivity index (χ4n) is 5.55. The van der Waals surface area contributed by atoms with Crippen molar-refractivity contribution in [2.45, 2.75) is 26.9 Å². The molecular weight excluding hydrogens is 487 g/mol. The zero-order valence-electron chi connectivity index (χ0n) is 14.1. The molecule has 0 unspecified atom stereocenters. The monoisotopic (exact) mass is 497 g/mol. The van der Waals surface area contributed by atoms with Crippen LogP contribution in [-0.4, -0.2) is 25.9 Å². The minimum Gasteiger partial charge on any atom is -0.274 e. The van der Waals surface area contributed by atoms with E-state index >= 15 is 0 Å². The summed E-state index contributed by atoms with van der Waals surface area (Å²) < 4.78 is -1.64. The first-order valence-corrected chi connectivity index (χ1v) is 11.1. The van der Waals surface area contributed by atoms with Gasteiger partial charge in [0.05, 0.1) is 27.6 Å². The number of allylic oxidation sites excluding steroid dienone is 2. The van der Waals surface area contributed by atoms with Gasteiger partial charge in [0.1, 0.15) is 9.75 Å². The van der Waals surface area contributed by atoms with Gasteiger partial charge in [0.15, 0.2) is 4.33 Å². The van der Waals surface area contributed by atoms with Gasteiger partial charge in [-0.1, -0.05) is 64.6 Å². The van der Waals surface area contributed by atoms with Crippen molar-refractivity contribution in [3.8, 4) is 0 Å². The highest BCUT2D eigenvalue weighted by Crippen LogP contribution is 2.79. The van der Waals surface area contributed by atoms with E-state index in [1.165, 1.54) is 4.90 Å². The fourth-order valence-corrected chi connectivity index (χ4v) is 8.66. The Morgan fingerprint density at radius 3 is 1.64 bits per heavy atom. The molecule has 3 nitrogen and oxygen atoms in total. The van der Waals surface area contributed by atoms with Gasteiger partial charge in [-0.05, 0) is 36.8 Å². The number of nitrogens with zero attached hydrogens (tertiary/aromatic N) is 1. The number of fused-ring (bicyclic) bond motifs is 6. The first-order valence-electron chi connectivity index (χ1n) is 8.83. The van der Waals surface area contributed by atoms with Crippen LogP contribution in [0.2, 0.25) is 0 Å². The van der Waals surface area contributed by atoms with Crippen LogP contribution in [0.4, 0.5) is 5.69 Å². The topological polar surface area (TPSA) is 37.4 Å². The summed E-state index contributed by atoms with van der Waals surface area (Å²) in [6, 6.07) is 8.87. The van der Waals surface area contributed by atoms with Gasteiger partial charge in [-0.3, -0.25) is 14.5 Å². The molecule has 1 aliphatic heterocycles. The molecule has 2 bridgehead atoms. The van der Waals surface area contributed by atoms with E-state index < -0.39 is 25.9 Å². The Bertz CT molecular complexity index is 895. The molecule has 1 saturated heterocycles. The molecule has 3 fully saturated rings. The first kappa shape index (κ1) is 19.8. The molecule has 0 aromatic heterocycles. The Morgan fingerprint density at radius 2 is 1.21 bits per heavy atom. The van der Waals surface area contributed by atoms with Crippen LogP contribution in [0.15, 0.2) is 40.4 Å². The Balaban J connectivity index is 1.58. The van der Waals surface area contributed by atoms with Crippen molar-refractivity contribution >= 4 is 87.1 Å². The van der Waals surface area contributed by atoms with Gasteiger partial charge in [0, 0.05) is 0 Å². The Kier molecular flexibility index (Phi) is 4.21. The van der Waals surface area contributed by atoms with Crippen molar-refractivity contribution in [3.63, 3.8) is 0 Å². The second-order valence-electron chi connectivity index (χ2n) is 7.87. The molecule has 0 N–H and O–H groups in total. The summed E-state index contributed by atoms with van der Waals surface area (Å²) in [4.78, 5) is 24.7. The zero-order chi connectivity index (χ0) is 20.2. The van der Waals surface area contributed by atoms with E-state index in [2.05, 4.69) is 0 Å². The van der Waals surface area contributed by atoms with Crippen molar-refractivity contribution in [1.29, 1.82) is 0 Å². The van der Waals surface area contributed by atoms with E-state index in [-0.39, 0.29) is 33.7 Å². The lowest BCUT2D eigenvalue weighted by molar-refractivity contribution is -0.122. The molecule has 1 aromatic carbocycles. The number of carbonyl (C=O) groups is 2. The molecule has 148 valence electrons. The molecular formula is C19H13Cl6NO2. The molecule has 2 saturated carbocycles. The molecule has 9 heteroatoms. The molecule has 0 spiro atoms. The summed E-state index contributed by atoms with van der Waals surface area (Å²) >= 11 is 39.9. The predicted molar refractivity (Wildman–Crippen MR) is 112 cm³/mol. The highest BCUT2D eigenvalue weighted by atomic mass is 35.5. The maximum atomic E-state index is 13.1. The third-order valence-electron chi connectivity index (χ3n) is 6.84. The van der Waals surface area contributed by atoms with Crippen LogP contribution in [0, 0.1) is 23.7 Å². The highest BCUT2D eigenvalue weighted by Gasteiger charge is 2.83. The number of carbonyl (C=O) groups excluding carboxylic acids is 2. The van der Waals surface area contributed by atoms with Gasteiger partial charge in [-0.2, -0.15) is 0 Å². The highest BCUT2D eigenvalue weighted by molar-refractivity contribution is 6.65. The second kappa shape index (κ2) is 5.96. The summed E-state index contributed by atoms with van der Waals surface area (Å²) in [5, 5.41) is 0.263. The third kappa shape index (κ3) is 1.98. The van der Waals surface area contributed by atoms with Gasteiger partial charge < -0.3 is 0 Å². The average Bonchev–Trinajstić information content (AvgIpc) is 3.04. The maximum Gasteiger partial charge on any atom is 0.237 e. The predicted octanol–water partition coefficient (Wildman–Crippen LogP) is 5.66. The van der Waals surface area contributed by atoms with Gasteiger partial charge in [-0.15, -0.1) is 23.2 Å². The number of benzene rings is 1. The van der Waals surface area contributed by atoms with E-state index in [9.17, 15) is 9.59 Å². The van der Waals surface area contributed by atoms with Crippen molar-refractivity contribution in [2.75, 3.05) is 4.90 Å². The van der Waals surface area contributed by atoms with Gasteiger partial charge in [0.2, 0.25) is 11.8 Å². The van der Waals surface area contributed by atoms with Crippen LogP contribution < -0.4 is 4.90 Å². The van der Waals surface area contributed by atoms with E-state index in [4.69, 9.17) is 69.6 Å². The molecule has 28 heavy (non-hydrogen) atoms. The van der Waals surface area contributed by atoms with Gasteiger partial charge in [0.25, 0.3) is 0 Å². The van der Waals surface area contributed by atoms with Crippen LogP contribution in [0.3, 0.4) is 0 Å². The summed E-state index contributed by atoms with van der Waals surface area (Å²) in [6.45, 7) is 0. The number of para-hydroxylation sites is 1. The van der Waals surface area contributed by atoms with Crippen molar-refractivity contribution in [3.05, 3.63) is 40.4 Å². The Hall–Kier alpha value is -0.160. The second-order valence-corrected chi connectivity index (χ2v) is 11.1. The summed E-state index contributed by atoms with van der Waals surface area (Å²) in [5.41, 5.74) is 0.555. The van der Waals surface area contributed by atoms with E-state index in [0.29, 0.717) is 18.5 Å². The summed E-state index contributed by atoms with van der Waals surface area (Å²) in [5.74, 6) is -2.26. The lowest BCUT2D eigenvalue weighted by Crippen LogP contribution is -2.44. The fraction of sp³-hybridized carbons (Fsp3) is 0.474. The van der Waals surface area contributed by atoms with Gasteiger partial charge in [-0.25, -0.2) is 0 Å². The number of rotatable bonds is 1. The number of alkyl halides is 4. The molecule has 0 radical (unpaired) electrons. The molecule has 2 amide bonds. The van der Waals surface area contributed by atoms with E-state index in [1.807, 2.05) is 6.07 Å².